The average Bonchev–Trinajstić information content (AvgIpc) is 3.00. The Hall–Kier alpha value is -0.170. The Bertz CT molecular complexity index is 343. The van der Waals surface area contributed by atoms with Gasteiger partial charge in [0.05, 0.1) is 0 Å². The van der Waals surface area contributed by atoms with E-state index < -0.39 is 10.2 Å². The number of hydrogen-bond donors (Lipinski definition) is 2. The first-order valence-corrected chi connectivity index (χ1v) is 7.35. The highest BCUT2D eigenvalue weighted by Gasteiger charge is 2.41. The van der Waals surface area contributed by atoms with Crippen molar-refractivity contribution in [2.75, 3.05) is 26.2 Å². The molecule has 0 aromatic rings. The van der Waals surface area contributed by atoms with Crippen LogP contribution in [-0.2, 0) is 10.2 Å². The van der Waals surface area contributed by atoms with E-state index in [1.165, 1.54) is 4.31 Å². The minimum Gasteiger partial charge on any atom is -0.314 e. The largest absolute Gasteiger partial charge is 0.314 e. The molecule has 0 spiro atoms. The number of piperazine rings is 1. The Labute approximate surface area is 97.8 Å². The van der Waals surface area contributed by atoms with Crippen molar-refractivity contribution in [3.05, 3.63) is 0 Å². The van der Waals surface area contributed by atoms with Gasteiger partial charge in [-0.05, 0) is 32.6 Å². The molecule has 2 N–H and O–H groups in total. The molecule has 16 heavy (non-hydrogen) atoms. The van der Waals surface area contributed by atoms with Gasteiger partial charge < -0.3 is 5.32 Å². The lowest BCUT2D eigenvalue weighted by molar-refractivity contribution is 0.330. The number of nitrogens with zero attached hydrogens (tertiary/aromatic N) is 1. The van der Waals surface area contributed by atoms with Crippen LogP contribution in [0.2, 0.25) is 0 Å². The van der Waals surface area contributed by atoms with Crippen LogP contribution in [-0.4, -0.2) is 44.4 Å². The zero-order valence-electron chi connectivity index (χ0n) is 9.99. The SMILES string of the molecule is CC(C)(NS(=O)(=O)N1CCNCC1)C1CC1. The Morgan fingerprint density at radius 1 is 1.25 bits per heavy atom. The monoisotopic (exact) mass is 247 g/mol. The van der Waals surface area contributed by atoms with E-state index in [-0.39, 0.29) is 5.54 Å². The lowest BCUT2D eigenvalue weighted by Gasteiger charge is -2.32. The topological polar surface area (TPSA) is 61.4 Å². The first-order chi connectivity index (χ1) is 7.42. The molecular formula is C10H21N3O2S. The van der Waals surface area contributed by atoms with E-state index in [0.717, 1.165) is 25.9 Å². The Balaban J connectivity index is 2.00. The first kappa shape index (κ1) is 12.3. The summed E-state index contributed by atoms with van der Waals surface area (Å²) >= 11 is 0. The third-order valence-corrected chi connectivity index (χ3v) is 5.23. The standard InChI is InChI=1S/C10H21N3O2S/c1-10(2,9-3-4-9)12-16(14,15)13-7-5-11-6-8-13/h9,11-12H,3-8H2,1-2H3. The summed E-state index contributed by atoms with van der Waals surface area (Å²) in [5, 5.41) is 3.15. The van der Waals surface area contributed by atoms with Crippen molar-refractivity contribution >= 4 is 10.2 Å². The van der Waals surface area contributed by atoms with Crippen molar-refractivity contribution in [1.29, 1.82) is 0 Å². The summed E-state index contributed by atoms with van der Waals surface area (Å²) < 4.78 is 28.6. The first-order valence-electron chi connectivity index (χ1n) is 5.91. The third-order valence-electron chi connectivity index (χ3n) is 3.41. The molecule has 1 heterocycles. The van der Waals surface area contributed by atoms with Crippen molar-refractivity contribution in [2.24, 2.45) is 5.92 Å². The second-order valence-electron chi connectivity index (χ2n) is 5.25. The summed E-state index contributed by atoms with van der Waals surface area (Å²) in [5.74, 6) is 0.505. The quantitative estimate of drug-likeness (QED) is 0.730. The second-order valence-corrected chi connectivity index (χ2v) is 6.92. The molecule has 1 aliphatic heterocycles. The lowest BCUT2D eigenvalue weighted by Crippen LogP contribution is -2.55. The summed E-state index contributed by atoms with van der Waals surface area (Å²) in [6, 6.07) is 0. The minimum absolute atomic E-state index is 0.302. The van der Waals surface area contributed by atoms with Crippen LogP contribution < -0.4 is 10.0 Å². The molecule has 0 amide bonds. The highest BCUT2D eigenvalue weighted by atomic mass is 32.2. The van der Waals surface area contributed by atoms with Crippen LogP contribution in [0, 0.1) is 5.92 Å². The van der Waals surface area contributed by atoms with E-state index in [4.69, 9.17) is 0 Å². The molecule has 2 fully saturated rings. The van der Waals surface area contributed by atoms with Crippen molar-refractivity contribution in [2.45, 2.75) is 32.2 Å². The van der Waals surface area contributed by atoms with Crippen LogP contribution in [0.25, 0.3) is 0 Å². The minimum atomic E-state index is -3.30. The fourth-order valence-electron chi connectivity index (χ4n) is 2.17. The highest BCUT2D eigenvalue weighted by molar-refractivity contribution is 7.87. The van der Waals surface area contributed by atoms with Gasteiger partial charge in [0, 0.05) is 31.7 Å². The maximum absolute atomic E-state index is 12.1. The molecule has 2 aliphatic rings. The number of rotatable bonds is 4. The van der Waals surface area contributed by atoms with Gasteiger partial charge in [0.1, 0.15) is 0 Å². The molecule has 5 nitrogen and oxygen atoms in total. The van der Waals surface area contributed by atoms with Crippen LogP contribution in [0.3, 0.4) is 0 Å². The fourth-order valence-corrected chi connectivity index (χ4v) is 3.79. The maximum Gasteiger partial charge on any atom is 0.280 e. The van der Waals surface area contributed by atoms with Gasteiger partial charge in [0.2, 0.25) is 0 Å². The molecule has 0 unspecified atom stereocenters. The predicted octanol–water partition coefficient (Wildman–Crippen LogP) is -0.0854. The van der Waals surface area contributed by atoms with Crippen LogP contribution in [0.5, 0.6) is 0 Å². The Kier molecular flexibility index (Phi) is 3.27. The summed E-state index contributed by atoms with van der Waals surface area (Å²) in [5.41, 5.74) is -0.302. The van der Waals surface area contributed by atoms with E-state index in [9.17, 15) is 8.42 Å². The van der Waals surface area contributed by atoms with Crippen molar-refractivity contribution < 1.29 is 8.42 Å². The van der Waals surface area contributed by atoms with Crippen LogP contribution in [0.1, 0.15) is 26.7 Å². The molecule has 1 saturated carbocycles. The molecule has 0 aromatic heterocycles. The highest BCUT2D eigenvalue weighted by Crippen LogP contribution is 2.39. The van der Waals surface area contributed by atoms with Crippen LogP contribution >= 0.6 is 0 Å². The van der Waals surface area contributed by atoms with Crippen molar-refractivity contribution in [1.82, 2.24) is 14.3 Å². The van der Waals surface area contributed by atoms with Gasteiger partial charge in [0.15, 0.2) is 0 Å². The van der Waals surface area contributed by atoms with Gasteiger partial charge in [-0.15, -0.1) is 0 Å². The molecule has 94 valence electrons. The molecule has 2 rings (SSSR count). The Morgan fingerprint density at radius 3 is 2.31 bits per heavy atom. The van der Waals surface area contributed by atoms with E-state index in [1.807, 2.05) is 13.8 Å². The van der Waals surface area contributed by atoms with Gasteiger partial charge in [-0.3, -0.25) is 0 Å². The van der Waals surface area contributed by atoms with Gasteiger partial charge in [-0.25, -0.2) is 0 Å². The normalized spacial score (nSPS) is 24.6. The zero-order chi connectivity index (χ0) is 11.8. The van der Waals surface area contributed by atoms with Gasteiger partial charge in [-0.1, -0.05) is 0 Å². The summed E-state index contributed by atoms with van der Waals surface area (Å²) in [6.45, 7) is 6.57. The van der Waals surface area contributed by atoms with Gasteiger partial charge in [0.25, 0.3) is 10.2 Å². The van der Waals surface area contributed by atoms with Crippen molar-refractivity contribution in [3.63, 3.8) is 0 Å². The molecule has 0 aromatic carbocycles. The smallest absolute Gasteiger partial charge is 0.280 e. The molecule has 1 aliphatic carbocycles. The molecule has 0 radical (unpaired) electrons. The lowest BCUT2D eigenvalue weighted by atomic mass is 10.0. The second kappa shape index (κ2) is 4.25. The molecular weight excluding hydrogens is 226 g/mol. The molecule has 0 bridgehead atoms. The van der Waals surface area contributed by atoms with Crippen LogP contribution in [0.4, 0.5) is 0 Å². The van der Waals surface area contributed by atoms with Gasteiger partial charge >= 0.3 is 0 Å². The predicted molar refractivity (Wildman–Crippen MR) is 63.3 cm³/mol. The van der Waals surface area contributed by atoms with Crippen LogP contribution in [0.15, 0.2) is 0 Å². The fraction of sp³-hybridized carbons (Fsp3) is 1.00. The van der Waals surface area contributed by atoms with E-state index in [1.54, 1.807) is 0 Å². The maximum atomic E-state index is 12.1. The summed E-state index contributed by atoms with van der Waals surface area (Å²) in [7, 11) is -3.30. The number of hydrogen-bond acceptors (Lipinski definition) is 3. The van der Waals surface area contributed by atoms with E-state index >= 15 is 0 Å². The summed E-state index contributed by atoms with van der Waals surface area (Å²) in [4.78, 5) is 0. The average molecular weight is 247 g/mol. The summed E-state index contributed by atoms with van der Waals surface area (Å²) in [6.07, 6.45) is 2.27. The van der Waals surface area contributed by atoms with E-state index in [2.05, 4.69) is 10.0 Å². The van der Waals surface area contributed by atoms with E-state index in [0.29, 0.717) is 19.0 Å². The molecule has 6 heteroatoms. The molecule has 0 atom stereocenters. The third kappa shape index (κ3) is 2.74. The van der Waals surface area contributed by atoms with Crippen molar-refractivity contribution in [3.8, 4) is 0 Å². The number of nitrogens with one attached hydrogen (secondary N) is 2. The Morgan fingerprint density at radius 2 is 1.81 bits per heavy atom. The zero-order valence-corrected chi connectivity index (χ0v) is 10.8. The molecule has 1 saturated heterocycles. The van der Waals surface area contributed by atoms with Gasteiger partial charge in [-0.2, -0.15) is 17.4 Å².